The molecule has 10 nitrogen and oxygen atoms in total. The summed E-state index contributed by atoms with van der Waals surface area (Å²) >= 11 is 0. The molecule has 4 aromatic rings. The van der Waals surface area contributed by atoms with Gasteiger partial charge in [0, 0.05) is 25.7 Å². The Kier molecular flexibility index (Phi) is 8.99. The molecule has 6 rings (SSSR count). The Labute approximate surface area is 268 Å². The standard InChI is InChI=1S/C33H29F3N2O8S/c34-33(35,36)24-10-8-23(9-11-24)31(37-16-21-6-12-27-29(14-21)45-19-43-27)26(32(39)40)18-38(47(41,42)25-4-2-1-3-5-25)17-22-7-13-28-30(15-22)46-20-44-28/h1-15,26,31,37H,16-20H2,(H,39,40). The molecule has 0 amide bonds. The Balaban J connectivity index is 1.36. The molecule has 0 saturated carbocycles. The molecule has 14 heteroatoms. The average Bonchev–Trinajstić information content (AvgIpc) is 3.73. The quantitative estimate of drug-likeness (QED) is 0.199. The second-order valence-electron chi connectivity index (χ2n) is 10.9. The number of fused-ring (bicyclic) bond motifs is 2. The highest BCUT2D eigenvalue weighted by Crippen LogP contribution is 2.36. The summed E-state index contributed by atoms with van der Waals surface area (Å²) < 4.78 is 91.0. The van der Waals surface area contributed by atoms with Crippen LogP contribution in [0.3, 0.4) is 0 Å². The van der Waals surface area contributed by atoms with Gasteiger partial charge in [0.25, 0.3) is 0 Å². The van der Waals surface area contributed by atoms with E-state index >= 15 is 0 Å². The molecule has 47 heavy (non-hydrogen) atoms. The third kappa shape index (κ3) is 7.14. The number of nitrogens with one attached hydrogen (secondary N) is 1. The first kappa shape index (κ1) is 32.2. The summed E-state index contributed by atoms with van der Waals surface area (Å²) in [5, 5.41) is 13.7. The van der Waals surface area contributed by atoms with Gasteiger partial charge in [0.15, 0.2) is 23.0 Å². The molecule has 4 aromatic carbocycles. The van der Waals surface area contributed by atoms with Crippen LogP contribution in [-0.4, -0.2) is 43.9 Å². The Morgan fingerprint density at radius 1 is 0.809 bits per heavy atom. The van der Waals surface area contributed by atoms with Crippen molar-refractivity contribution < 1.29 is 50.4 Å². The van der Waals surface area contributed by atoms with Crippen molar-refractivity contribution in [1.29, 1.82) is 0 Å². The number of benzene rings is 4. The van der Waals surface area contributed by atoms with E-state index in [1.807, 2.05) is 0 Å². The van der Waals surface area contributed by atoms with E-state index in [2.05, 4.69) is 5.32 Å². The number of hydrogen-bond donors (Lipinski definition) is 2. The predicted molar refractivity (Wildman–Crippen MR) is 161 cm³/mol. The van der Waals surface area contributed by atoms with Crippen molar-refractivity contribution >= 4 is 16.0 Å². The lowest BCUT2D eigenvalue weighted by Gasteiger charge is -2.31. The zero-order chi connectivity index (χ0) is 33.2. The van der Waals surface area contributed by atoms with Crippen LogP contribution in [-0.2, 0) is 34.1 Å². The van der Waals surface area contributed by atoms with Crippen LogP contribution in [0.5, 0.6) is 23.0 Å². The summed E-state index contributed by atoms with van der Waals surface area (Å²) in [6.45, 7) is -0.605. The highest BCUT2D eigenvalue weighted by molar-refractivity contribution is 7.89. The summed E-state index contributed by atoms with van der Waals surface area (Å²) in [7, 11) is -4.27. The lowest BCUT2D eigenvalue weighted by atomic mass is 9.91. The number of sulfonamides is 1. The molecule has 2 aliphatic rings. The van der Waals surface area contributed by atoms with E-state index in [1.165, 1.54) is 24.3 Å². The first-order chi connectivity index (χ1) is 22.5. The molecule has 2 aliphatic heterocycles. The smallest absolute Gasteiger partial charge is 0.416 e. The van der Waals surface area contributed by atoms with Crippen molar-refractivity contribution in [2.75, 3.05) is 20.1 Å². The lowest BCUT2D eigenvalue weighted by Crippen LogP contribution is -2.43. The number of carbonyl (C=O) groups is 1. The number of alkyl halides is 3. The molecular weight excluding hydrogens is 641 g/mol. The minimum atomic E-state index is -4.61. The molecule has 0 spiro atoms. The van der Waals surface area contributed by atoms with Crippen molar-refractivity contribution in [3.05, 3.63) is 113 Å². The van der Waals surface area contributed by atoms with Crippen LogP contribution in [0.15, 0.2) is 95.9 Å². The van der Waals surface area contributed by atoms with Crippen molar-refractivity contribution in [2.45, 2.75) is 30.2 Å². The molecule has 2 unspecified atom stereocenters. The fourth-order valence-electron chi connectivity index (χ4n) is 5.43. The molecule has 0 aliphatic carbocycles. The zero-order valence-electron chi connectivity index (χ0n) is 24.6. The molecule has 2 N–H and O–H groups in total. The van der Waals surface area contributed by atoms with Crippen molar-refractivity contribution in [1.82, 2.24) is 9.62 Å². The average molecular weight is 671 g/mol. The first-order valence-electron chi connectivity index (χ1n) is 14.4. The minimum Gasteiger partial charge on any atom is -0.481 e. The number of carboxylic acid groups (broad SMARTS) is 1. The molecule has 0 bridgehead atoms. The molecule has 0 saturated heterocycles. The topological polar surface area (TPSA) is 124 Å². The van der Waals surface area contributed by atoms with Crippen LogP contribution < -0.4 is 24.3 Å². The molecule has 2 atom stereocenters. The Morgan fingerprint density at radius 3 is 1.98 bits per heavy atom. The molecule has 0 aromatic heterocycles. The number of rotatable bonds is 12. The van der Waals surface area contributed by atoms with E-state index in [-0.39, 0.29) is 37.1 Å². The van der Waals surface area contributed by atoms with Crippen LogP contribution in [0.4, 0.5) is 13.2 Å². The number of hydrogen-bond acceptors (Lipinski definition) is 8. The highest BCUT2D eigenvalue weighted by atomic mass is 32.2. The van der Waals surface area contributed by atoms with Crippen LogP contribution >= 0.6 is 0 Å². The third-order valence-corrected chi connectivity index (χ3v) is 9.68. The number of nitrogens with zero attached hydrogens (tertiary/aromatic N) is 1. The van der Waals surface area contributed by atoms with Gasteiger partial charge in [-0.1, -0.05) is 42.5 Å². The van der Waals surface area contributed by atoms with Crippen molar-refractivity contribution in [3.63, 3.8) is 0 Å². The largest absolute Gasteiger partial charge is 0.481 e. The summed E-state index contributed by atoms with van der Waals surface area (Å²) in [5.74, 6) is -0.858. The van der Waals surface area contributed by atoms with Gasteiger partial charge >= 0.3 is 12.1 Å². The fraction of sp³-hybridized carbons (Fsp3) is 0.242. The van der Waals surface area contributed by atoms with E-state index in [4.69, 9.17) is 18.9 Å². The highest BCUT2D eigenvalue weighted by Gasteiger charge is 2.37. The number of aliphatic carboxylic acids is 1. The summed E-state index contributed by atoms with van der Waals surface area (Å²) in [4.78, 5) is 12.9. The lowest BCUT2D eigenvalue weighted by molar-refractivity contribution is -0.143. The van der Waals surface area contributed by atoms with E-state index in [0.717, 1.165) is 16.4 Å². The number of carboxylic acids is 1. The van der Waals surface area contributed by atoms with Gasteiger partial charge < -0.3 is 29.4 Å². The van der Waals surface area contributed by atoms with Gasteiger partial charge in [-0.15, -0.1) is 0 Å². The SMILES string of the molecule is O=C(O)C(CN(Cc1ccc2c(c1)OCO2)S(=O)(=O)c1ccccc1)C(NCc1ccc2c(c1)OCO2)c1ccc(C(F)(F)F)cc1. The summed E-state index contributed by atoms with van der Waals surface area (Å²) in [6.07, 6.45) is -4.61. The Bertz CT molecular complexity index is 1850. The second-order valence-corrected chi connectivity index (χ2v) is 12.8. The van der Waals surface area contributed by atoms with E-state index < -0.39 is 46.2 Å². The second kappa shape index (κ2) is 13.1. The van der Waals surface area contributed by atoms with E-state index in [1.54, 1.807) is 54.6 Å². The monoisotopic (exact) mass is 670 g/mol. The van der Waals surface area contributed by atoms with Gasteiger partial charge in [-0.05, 0) is 65.2 Å². The van der Waals surface area contributed by atoms with Gasteiger partial charge in [0.2, 0.25) is 23.6 Å². The minimum absolute atomic E-state index is 0.00967. The van der Waals surface area contributed by atoms with Gasteiger partial charge in [-0.3, -0.25) is 4.79 Å². The molecule has 0 fully saturated rings. The zero-order valence-corrected chi connectivity index (χ0v) is 25.5. The fourth-order valence-corrected chi connectivity index (χ4v) is 6.90. The number of halogens is 3. The van der Waals surface area contributed by atoms with Crippen LogP contribution in [0, 0.1) is 5.92 Å². The molecule has 0 radical (unpaired) electrons. The molecular formula is C33H29F3N2O8S. The number of ether oxygens (including phenoxy) is 4. The van der Waals surface area contributed by atoms with Gasteiger partial charge in [0.05, 0.1) is 16.4 Å². The summed E-state index contributed by atoms with van der Waals surface area (Å²) in [6, 6.07) is 20.6. The van der Waals surface area contributed by atoms with Gasteiger partial charge in [-0.25, -0.2) is 8.42 Å². The van der Waals surface area contributed by atoms with Gasteiger partial charge in [-0.2, -0.15) is 17.5 Å². The molecule has 2 heterocycles. The van der Waals surface area contributed by atoms with Crippen molar-refractivity contribution in [2.24, 2.45) is 5.92 Å². The van der Waals surface area contributed by atoms with Crippen LogP contribution in [0.1, 0.15) is 28.3 Å². The first-order valence-corrected chi connectivity index (χ1v) is 15.9. The maximum Gasteiger partial charge on any atom is 0.416 e. The van der Waals surface area contributed by atoms with Crippen LogP contribution in [0.2, 0.25) is 0 Å². The van der Waals surface area contributed by atoms with E-state index in [9.17, 15) is 31.5 Å². The van der Waals surface area contributed by atoms with E-state index in [0.29, 0.717) is 34.1 Å². The normalized spacial score (nSPS) is 15.1. The van der Waals surface area contributed by atoms with Crippen molar-refractivity contribution in [3.8, 4) is 23.0 Å². The van der Waals surface area contributed by atoms with Crippen LogP contribution in [0.25, 0.3) is 0 Å². The van der Waals surface area contributed by atoms with Gasteiger partial charge in [0.1, 0.15) is 0 Å². The maximum absolute atomic E-state index is 14.0. The maximum atomic E-state index is 14.0. The Hall–Kier alpha value is -4.79. The summed E-state index contributed by atoms with van der Waals surface area (Å²) in [5.41, 5.74) is 0.520. The predicted octanol–water partition coefficient (Wildman–Crippen LogP) is 5.59. The Morgan fingerprint density at radius 2 is 1.38 bits per heavy atom. The third-order valence-electron chi connectivity index (χ3n) is 7.86. The molecule has 246 valence electrons.